The molecule has 0 aliphatic carbocycles. The quantitative estimate of drug-likeness (QED) is 0.768. The molecule has 0 amide bonds. The first-order chi connectivity index (χ1) is 7.29. The van der Waals surface area contributed by atoms with Crippen LogP contribution in [0.1, 0.15) is 5.56 Å². The number of hydrogen-bond acceptors (Lipinski definition) is 2. The van der Waals surface area contributed by atoms with Crippen molar-refractivity contribution in [2.45, 2.75) is 6.54 Å². The Morgan fingerprint density at radius 3 is 2.53 bits per heavy atom. The van der Waals surface area contributed by atoms with Crippen LogP contribution in [0.3, 0.4) is 0 Å². The Balaban J connectivity index is 2.14. The van der Waals surface area contributed by atoms with Crippen LogP contribution < -0.4 is 4.74 Å². The lowest BCUT2D eigenvalue weighted by Crippen LogP contribution is -2.03. The summed E-state index contributed by atoms with van der Waals surface area (Å²) >= 11 is 0. The van der Waals surface area contributed by atoms with Crippen molar-refractivity contribution in [2.75, 3.05) is 7.11 Å². The van der Waals surface area contributed by atoms with Crippen LogP contribution in [-0.4, -0.2) is 16.9 Å². The maximum absolute atomic E-state index is 13.1. The highest BCUT2D eigenvalue weighted by molar-refractivity contribution is 5.27. The number of hydrogen-bond donors (Lipinski definition) is 0. The molecule has 3 nitrogen and oxygen atoms in total. The minimum atomic E-state index is -0.328. The summed E-state index contributed by atoms with van der Waals surface area (Å²) < 4.78 is 19.4. The average molecular weight is 206 g/mol. The summed E-state index contributed by atoms with van der Waals surface area (Å²) in [6.07, 6.45) is 1.44. The number of rotatable bonds is 3. The number of halogens is 1. The van der Waals surface area contributed by atoms with Crippen LogP contribution in [0.5, 0.6) is 5.75 Å². The molecule has 0 radical (unpaired) electrons. The normalized spacial score (nSPS) is 10.3. The molecule has 0 saturated heterocycles. The molecular formula is C11H11FN2O. The van der Waals surface area contributed by atoms with Crippen LogP contribution in [0.15, 0.2) is 36.5 Å². The summed E-state index contributed by atoms with van der Waals surface area (Å²) in [5, 5.41) is 3.86. The Hall–Kier alpha value is -1.84. The lowest BCUT2D eigenvalue weighted by atomic mass is 10.2. The molecule has 0 N–H and O–H groups in total. The molecule has 2 rings (SSSR count). The van der Waals surface area contributed by atoms with E-state index < -0.39 is 0 Å². The van der Waals surface area contributed by atoms with E-state index in [-0.39, 0.29) is 5.95 Å². The number of nitrogens with zero attached hydrogens (tertiary/aromatic N) is 2. The molecule has 78 valence electrons. The fourth-order valence-corrected chi connectivity index (χ4v) is 1.34. The van der Waals surface area contributed by atoms with E-state index in [1.165, 1.54) is 16.9 Å². The number of methoxy groups -OCH3 is 1. The molecule has 0 aliphatic rings. The third-order valence-electron chi connectivity index (χ3n) is 2.16. The fourth-order valence-electron chi connectivity index (χ4n) is 1.34. The van der Waals surface area contributed by atoms with Gasteiger partial charge in [0.15, 0.2) is 0 Å². The average Bonchev–Trinajstić information content (AvgIpc) is 2.66. The van der Waals surface area contributed by atoms with Crippen molar-refractivity contribution in [1.29, 1.82) is 0 Å². The lowest BCUT2D eigenvalue weighted by Gasteiger charge is -2.04. The molecule has 2 aromatic rings. The van der Waals surface area contributed by atoms with Gasteiger partial charge in [0.1, 0.15) is 5.75 Å². The molecule has 1 heterocycles. The Morgan fingerprint density at radius 1 is 1.27 bits per heavy atom. The maximum Gasteiger partial charge on any atom is 0.211 e. The van der Waals surface area contributed by atoms with Crippen LogP contribution in [0, 0.1) is 5.95 Å². The molecule has 1 aromatic carbocycles. The zero-order valence-corrected chi connectivity index (χ0v) is 8.35. The molecule has 0 atom stereocenters. The second kappa shape index (κ2) is 4.13. The van der Waals surface area contributed by atoms with Gasteiger partial charge in [-0.15, -0.1) is 0 Å². The summed E-state index contributed by atoms with van der Waals surface area (Å²) in [4.78, 5) is 0. The van der Waals surface area contributed by atoms with E-state index in [1.54, 1.807) is 7.11 Å². The van der Waals surface area contributed by atoms with E-state index in [0.717, 1.165) is 11.3 Å². The van der Waals surface area contributed by atoms with Gasteiger partial charge >= 0.3 is 0 Å². The SMILES string of the molecule is COc1ccc(Cn2nccc2F)cc1. The van der Waals surface area contributed by atoms with E-state index in [0.29, 0.717) is 6.54 Å². The monoisotopic (exact) mass is 206 g/mol. The highest BCUT2D eigenvalue weighted by Gasteiger charge is 2.01. The van der Waals surface area contributed by atoms with E-state index >= 15 is 0 Å². The van der Waals surface area contributed by atoms with Crippen molar-refractivity contribution >= 4 is 0 Å². The third-order valence-corrected chi connectivity index (χ3v) is 2.16. The van der Waals surface area contributed by atoms with Crippen molar-refractivity contribution in [3.63, 3.8) is 0 Å². The Morgan fingerprint density at radius 2 is 2.00 bits per heavy atom. The van der Waals surface area contributed by atoms with Crippen LogP contribution in [0.4, 0.5) is 4.39 Å². The number of aromatic nitrogens is 2. The molecule has 0 unspecified atom stereocenters. The van der Waals surface area contributed by atoms with Gasteiger partial charge < -0.3 is 4.74 Å². The maximum atomic E-state index is 13.1. The minimum absolute atomic E-state index is 0.328. The summed E-state index contributed by atoms with van der Waals surface area (Å²) in [5.74, 6) is 0.463. The molecule has 1 aromatic heterocycles. The second-order valence-electron chi connectivity index (χ2n) is 3.16. The van der Waals surface area contributed by atoms with Gasteiger partial charge in [-0.2, -0.15) is 9.49 Å². The molecule has 0 aliphatic heterocycles. The molecule has 15 heavy (non-hydrogen) atoms. The first-order valence-electron chi connectivity index (χ1n) is 4.60. The zero-order valence-electron chi connectivity index (χ0n) is 8.35. The van der Waals surface area contributed by atoms with E-state index in [2.05, 4.69) is 5.10 Å². The van der Waals surface area contributed by atoms with E-state index in [9.17, 15) is 4.39 Å². The fraction of sp³-hybridized carbons (Fsp3) is 0.182. The largest absolute Gasteiger partial charge is 0.497 e. The topological polar surface area (TPSA) is 27.1 Å². The van der Waals surface area contributed by atoms with Crippen molar-refractivity contribution in [2.24, 2.45) is 0 Å². The summed E-state index contributed by atoms with van der Waals surface area (Å²) in [6.45, 7) is 0.433. The number of benzene rings is 1. The molecule has 0 fully saturated rings. The second-order valence-corrected chi connectivity index (χ2v) is 3.16. The van der Waals surface area contributed by atoms with Gasteiger partial charge in [-0.3, -0.25) is 0 Å². The molecular weight excluding hydrogens is 195 g/mol. The van der Waals surface area contributed by atoms with Crippen molar-refractivity contribution in [3.05, 3.63) is 48.0 Å². The van der Waals surface area contributed by atoms with Gasteiger partial charge in [-0.25, -0.2) is 4.68 Å². The smallest absolute Gasteiger partial charge is 0.211 e. The van der Waals surface area contributed by atoms with Crippen molar-refractivity contribution in [1.82, 2.24) is 9.78 Å². The van der Waals surface area contributed by atoms with Gasteiger partial charge in [-0.05, 0) is 17.7 Å². The lowest BCUT2D eigenvalue weighted by molar-refractivity contribution is 0.414. The van der Waals surface area contributed by atoms with Crippen LogP contribution >= 0.6 is 0 Å². The molecule has 0 spiro atoms. The predicted molar refractivity (Wildman–Crippen MR) is 54.3 cm³/mol. The molecule has 0 bridgehead atoms. The van der Waals surface area contributed by atoms with E-state index in [4.69, 9.17) is 4.74 Å². The molecule has 4 heteroatoms. The summed E-state index contributed by atoms with van der Waals surface area (Å²) in [5.41, 5.74) is 0.985. The Bertz CT molecular complexity index is 436. The Kier molecular flexibility index (Phi) is 2.67. The van der Waals surface area contributed by atoms with Gasteiger partial charge in [-0.1, -0.05) is 12.1 Å². The first-order valence-corrected chi connectivity index (χ1v) is 4.60. The van der Waals surface area contributed by atoms with Gasteiger partial charge in [0, 0.05) is 6.07 Å². The van der Waals surface area contributed by atoms with Crippen molar-refractivity contribution < 1.29 is 9.13 Å². The predicted octanol–water partition coefficient (Wildman–Crippen LogP) is 2.08. The van der Waals surface area contributed by atoms with Gasteiger partial charge in [0.05, 0.1) is 19.9 Å². The van der Waals surface area contributed by atoms with Gasteiger partial charge in [0.25, 0.3) is 0 Å². The highest BCUT2D eigenvalue weighted by atomic mass is 19.1. The van der Waals surface area contributed by atoms with Gasteiger partial charge in [0.2, 0.25) is 5.95 Å². The Labute approximate surface area is 87.1 Å². The third kappa shape index (κ3) is 2.15. The van der Waals surface area contributed by atoms with E-state index in [1.807, 2.05) is 24.3 Å². The van der Waals surface area contributed by atoms with Crippen LogP contribution in [0.25, 0.3) is 0 Å². The van der Waals surface area contributed by atoms with Crippen LogP contribution in [0.2, 0.25) is 0 Å². The first kappa shape index (κ1) is 9.71. The minimum Gasteiger partial charge on any atom is -0.497 e. The number of ether oxygens (including phenoxy) is 1. The highest BCUT2D eigenvalue weighted by Crippen LogP contribution is 2.12. The van der Waals surface area contributed by atoms with Crippen LogP contribution in [-0.2, 0) is 6.54 Å². The summed E-state index contributed by atoms with van der Waals surface area (Å²) in [6, 6.07) is 8.80. The van der Waals surface area contributed by atoms with Crippen molar-refractivity contribution in [3.8, 4) is 5.75 Å². The zero-order chi connectivity index (χ0) is 10.7. The standard InChI is InChI=1S/C11H11FN2O/c1-15-10-4-2-9(3-5-10)8-14-11(12)6-7-13-14/h2-7H,8H2,1H3. The molecule has 0 saturated carbocycles. The summed E-state index contributed by atoms with van der Waals surface area (Å²) in [7, 11) is 1.61.